The molecule has 1 aliphatic rings. The third-order valence-corrected chi connectivity index (χ3v) is 2.04. The number of hydrogen-bond donors (Lipinski definition) is 0. The second-order valence-electron chi connectivity index (χ2n) is 2.34. The van der Waals surface area contributed by atoms with Gasteiger partial charge >= 0.3 is 0 Å². The number of rotatable bonds is 1. The summed E-state index contributed by atoms with van der Waals surface area (Å²) in [6.45, 7) is 0. The number of nitrogens with zero attached hydrogens (tertiary/aromatic N) is 3. The first-order valence-electron chi connectivity index (χ1n) is 3.54. The molecule has 4 heteroatoms. The minimum Gasteiger partial charge on any atom is -0.225 e. The van der Waals surface area contributed by atoms with Gasteiger partial charge in [0.25, 0.3) is 0 Å². The van der Waals surface area contributed by atoms with Crippen LogP contribution in [0.1, 0.15) is 5.56 Å². The molecule has 1 unspecified atom stereocenters. The molecule has 0 radical (unpaired) electrons. The van der Waals surface area contributed by atoms with E-state index in [1.807, 2.05) is 30.3 Å². The van der Waals surface area contributed by atoms with Crippen LogP contribution in [0.15, 0.2) is 45.6 Å². The van der Waals surface area contributed by atoms with E-state index >= 15 is 0 Å². The molecule has 1 aromatic carbocycles. The molecule has 1 aliphatic heterocycles. The zero-order valence-electron chi connectivity index (χ0n) is 6.18. The van der Waals surface area contributed by atoms with Gasteiger partial charge in [-0.15, -0.1) is 10.2 Å². The molecule has 3 nitrogen and oxygen atoms in total. The number of hydrogen-bond acceptors (Lipinski definition) is 3. The molecule has 2 rings (SSSR count). The Bertz CT molecular complexity index is 331. The quantitative estimate of drug-likeness (QED) is 0.428. The Kier molecular flexibility index (Phi) is 2.16. The molecule has 0 spiro atoms. The van der Waals surface area contributed by atoms with Gasteiger partial charge < -0.3 is 0 Å². The summed E-state index contributed by atoms with van der Waals surface area (Å²) in [4.78, 5) is 4.23. The molecule has 0 amide bonds. The summed E-state index contributed by atoms with van der Waals surface area (Å²) in [6.07, 6.45) is 0. The van der Waals surface area contributed by atoms with E-state index in [0.717, 1.165) is 11.4 Å². The number of halogens is 1. The summed E-state index contributed by atoms with van der Waals surface area (Å²) in [5.41, 5.74) is 1.03. The van der Waals surface area contributed by atoms with Gasteiger partial charge in [0.15, 0.2) is 5.84 Å². The predicted molar refractivity (Wildman–Crippen MR) is 55.6 cm³/mol. The van der Waals surface area contributed by atoms with E-state index in [9.17, 15) is 0 Å². The first-order valence-corrected chi connectivity index (χ1v) is 4.79. The van der Waals surface area contributed by atoms with Gasteiger partial charge in [-0.3, -0.25) is 0 Å². The molecule has 60 valence electrons. The highest BCUT2D eigenvalue weighted by Crippen LogP contribution is 2.16. The molecule has 1 heterocycles. The molecule has 0 aliphatic carbocycles. The Morgan fingerprint density at radius 2 is 1.92 bits per heavy atom. The van der Waals surface area contributed by atoms with Gasteiger partial charge in [-0.25, -0.2) is 4.99 Å². The Labute approximate surface area is 83.8 Å². The SMILES string of the molecule is IC1N=NC(c2ccccc2)=N1. The fraction of sp³-hybridized carbons (Fsp3) is 0.125. The molecule has 1 aromatic rings. The number of benzene rings is 1. The highest BCUT2D eigenvalue weighted by molar-refractivity contribution is 14.1. The minimum atomic E-state index is -0.0437. The van der Waals surface area contributed by atoms with E-state index in [-0.39, 0.29) is 4.17 Å². The highest BCUT2D eigenvalue weighted by atomic mass is 127. The van der Waals surface area contributed by atoms with Crippen LogP contribution < -0.4 is 0 Å². The maximum absolute atomic E-state index is 4.23. The van der Waals surface area contributed by atoms with Crippen LogP contribution in [0.2, 0.25) is 0 Å². The van der Waals surface area contributed by atoms with Gasteiger partial charge in [0.2, 0.25) is 4.17 Å². The van der Waals surface area contributed by atoms with Crippen molar-refractivity contribution >= 4 is 28.4 Å². The van der Waals surface area contributed by atoms with Crippen molar-refractivity contribution in [3.05, 3.63) is 35.9 Å². The van der Waals surface area contributed by atoms with Crippen LogP contribution in [0.25, 0.3) is 0 Å². The molecule has 0 aromatic heterocycles. The lowest BCUT2D eigenvalue weighted by molar-refractivity contribution is 1.01. The fourth-order valence-corrected chi connectivity index (χ4v) is 1.36. The monoisotopic (exact) mass is 271 g/mol. The summed E-state index contributed by atoms with van der Waals surface area (Å²) in [7, 11) is 0. The van der Waals surface area contributed by atoms with Gasteiger partial charge in [-0.05, 0) is 22.6 Å². The van der Waals surface area contributed by atoms with E-state index in [4.69, 9.17) is 0 Å². The second kappa shape index (κ2) is 3.30. The molecule has 0 N–H and O–H groups in total. The van der Waals surface area contributed by atoms with Crippen molar-refractivity contribution < 1.29 is 0 Å². The molecule has 0 fully saturated rings. The van der Waals surface area contributed by atoms with Crippen LogP contribution in [0, 0.1) is 0 Å². The summed E-state index contributed by atoms with van der Waals surface area (Å²) < 4.78 is -0.0437. The van der Waals surface area contributed by atoms with Crippen molar-refractivity contribution in [2.24, 2.45) is 15.2 Å². The maximum Gasteiger partial charge on any atom is 0.213 e. The van der Waals surface area contributed by atoms with Crippen LogP contribution in [-0.2, 0) is 0 Å². The minimum absolute atomic E-state index is 0.0437. The Balaban J connectivity index is 2.34. The average molecular weight is 271 g/mol. The van der Waals surface area contributed by atoms with E-state index in [1.165, 1.54) is 0 Å². The Morgan fingerprint density at radius 1 is 1.17 bits per heavy atom. The van der Waals surface area contributed by atoms with Crippen molar-refractivity contribution in [1.82, 2.24) is 0 Å². The van der Waals surface area contributed by atoms with Crippen molar-refractivity contribution in [1.29, 1.82) is 0 Å². The molecular weight excluding hydrogens is 265 g/mol. The van der Waals surface area contributed by atoms with Gasteiger partial charge in [-0.2, -0.15) is 0 Å². The first-order chi connectivity index (χ1) is 5.86. The topological polar surface area (TPSA) is 37.1 Å². The van der Waals surface area contributed by atoms with Crippen molar-refractivity contribution in [3.63, 3.8) is 0 Å². The number of alkyl halides is 1. The summed E-state index contributed by atoms with van der Waals surface area (Å²) in [5, 5.41) is 7.86. The van der Waals surface area contributed by atoms with Gasteiger partial charge in [0, 0.05) is 5.56 Å². The van der Waals surface area contributed by atoms with Crippen molar-refractivity contribution in [2.45, 2.75) is 4.17 Å². The standard InChI is InChI=1S/C8H6IN3/c9-8-10-7(11-12-8)6-4-2-1-3-5-6/h1-5,8H. The zero-order chi connectivity index (χ0) is 8.39. The maximum atomic E-state index is 4.23. The zero-order valence-corrected chi connectivity index (χ0v) is 8.34. The molecule has 1 atom stereocenters. The number of aliphatic imine (C=N–C) groups is 1. The summed E-state index contributed by atoms with van der Waals surface area (Å²) >= 11 is 2.13. The van der Waals surface area contributed by atoms with E-state index in [0.29, 0.717) is 0 Å². The number of azo groups is 1. The van der Waals surface area contributed by atoms with E-state index in [2.05, 4.69) is 37.8 Å². The fourth-order valence-electron chi connectivity index (χ4n) is 0.974. The molecule has 0 bridgehead atoms. The highest BCUT2D eigenvalue weighted by Gasteiger charge is 2.10. The lowest BCUT2D eigenvalue weighted by Gasteiger charge is -1.93. The van der Waals surface area contributed by atoms with Crippen LogP contribution in [0.5, 0.6) is 0 Å². The Morgan fingerprint density at radius 3 is 2.50 bits per heavy atom. The summed E-state index contributed by atoms with van der Waals surface area (Å²) in [6, 6.07) is 9.86. The van der Waals surface area contributed by atoms with Gasteiger partial charge in [0.05, 0.1) is 0 Å². The summed E-state index contributed by atoms with van der Waals surface area (Å²) in [5.74, 6) is 0.731. The largest absolute Gasteiger partial charge is 0.225 e. The third kappa shape index (κ3) is 1.52. The lowest BCUT2D eigenvalue weighted by Crippen LogP contribution is -1.92. The number of amidine groups is 1. The molecule has 0 saturated carbocycles. The average Bonchev–Trinajstić information content (AvgIpc) is 2.54. The molecule has 12 heavy (non-hydrogen) atoms. The van der Waals surface area contributed by atoms with Crippen LogP contribution >= 0.6 is 22.6 Å². The van der Waals surface area contributed by atoms with Crippen LogP contribution in [0.3, 0.4) is 0 Å². The van der Waals surface area contributed by atoms with Gasteiger partial charge in [0.1, 0.15) is 0 Å². The van der Waals surface area contributed by atoms with Crippen LogP contribution in [-0.4, -0.2) is 10.0 Å². The molecule has 0 saturated heterocycles. The lowest BCUT2D eigenvalue weighted by atomic mass is 10.2. The Hall–Kier alpha value is -0.780. The molecular formula is C8H6IN3. The second-order valence-corrected chi connectivity index (χ2v) is 3.46. The van der Waals surface area contributed by atoms with E-state index < -0.39 is 0 Å². The third-order valence-electron chi connectivity index (χ3n) is 1.51. The first kappa shape index (κ1) is 7.85. The smallest absolute Gasteiger partial charge is 0.213 e. The van der Waals surface area contributed by atoms with Crippen LogP contribution in [0.4, 0.5) is 0 Å². The van der Waals surface area contributed by atoms with Gasteiger partial charge in [-0.1, -0.05) is 30.3 Å². The van der Waals surface area contributed by atoms with Crippen molar-refractivity contribution in [2.75, 3.05) is 0 Å². The normalized spacial score (nSPS) is 21.1. The van der Waals surface area contributed by atoms with Crippen molar-refractivity contribution in [3.8, 4) is 0 Å². The van der Waals surface area contributed by atoms with E-state index in [1.54, 1.807) is 0 Å². The predicted octanol–water partition coefficient (Wildman–Crippen LogP) is 2.62.